The Bertz CT molecular complexity index is 1730. The first-order valence-electron chi connectivity index (χ1n) is 17.2. The van der Waals surface area contributed by atoms with Crippen LogP contribution < -0.4 is 0 Å². The molecule has 0 radical (unpaired) electrons. The number of aliphatic hydroxyl groups is 1. The van der Waals surface area contributed by atoms with Crippen LogP contribution in [0.4, 0.5) is 16.2 Å². The first-order chi connectivity index (χ1) is 24.8. The van der Waals surface area contributed by atoms with Gasteiger partial charge in [-0.3, -0.25) is 29.9 Å². The molecule has 16 nitrogen and oxygen atoms in total. The van der Waals surface area contributed by atoms with Gasteiger partial charge in [0.15, 0.2) is 0 Å². The maximum atomic E-state index is 13.7. The van der Waals surface area contributed by atoms with Crippen molar-refractivity contribution in [2.45, 2.75) is 56.9 Å². The predicted molar refractivity (Wildman–Crippen MR) is 189 cm³/mol. The number of fused-ring (bicyclic) bond motifs is 1. The van der Waals surface area contributed by atoms with Gasteiger partial charge in [-0.25, -0.2) is 9.59 Å². The summed E-state index contributed by atoms with van der Waals surface area (Å²) in [4.78, 5) is 70.2. The number of amides is 2. The number of benzene rings is 2. The molecule has 0 saturated carbocycles. The highest BCUT2D eigenvalue weighted by Crippen LogP contribution is 2.52. The molecular weight excluding hydrogens is 696 g/mol. The Morgan fingerprint density at radius 2 is 1.50 bits per heavy atom. The van der Waals surface area contributed by atoms with Gasteiger partial charge in [0.25, 0.3) is 11.4 Å². The molecule has 52 heavy (non-hydrogen) atoms. The van der Waals surface area contributed by atoms with Crippen molar-refractivity contribution in [3.63, 3.8) is 0 Å². The number of nitrogens with zero attached hydrogens (tertiary/aromatic N) is 6. The average Bonchev–Trinajstić information content (AvgIpc) is 3.62. The molecule has 2 aromatic rings. The molecule has 3 fully saturated rings. The summed E-state index contributed by atoms with van der Waals surface area (Å²) in [6.07, 6.45) is -0.827. The highest BCUT2D eigenvalue weighted by Gasteiger charge is 2.60. The number of piperazine rings is 1. The number of carbonyl (C=O) groups excluding carboxylic acids is 3. The van der Waals surface area contributed by atoms with E-state index in [-0.39, 0.29) is 53.4 Å². The monoisotopic (exact) mass is 738 g/mol. The normalized spacial score (nSPS) is 25.5. The Morgan fingerprint density at radius 1 is 0.942 bits per heavy atom. The van der Waals surface area contributed by atoms with E-state index in [0.29, 0.717) is 35.5 Å². The quantitative estimate of drug-likeness (QED) is 0.145. The number of ether oxygens (including phenoxy) is 2. The fourth-order valence-corrected chi connectivity index (χ4v) is 8.97. The molecule has 0 bridgehead atoms. The van der Waals surface area contributed by atoms with Crippen molar-refractivity contribution in [2.24, 2.45) is 11.8 Å². The SMILES string of the molecule is C[C@@H](O)[C@H]1C(=O)N2C(C(=O)OCc3ccc([N+](=O)[O-])cc3)=C(S[C@H]3C[C@@H](CN4CCN(C)CC4)N(C(=O)OCc4ccc([N+](=O)[O-])cc4)C3)[C@H](C)[C@H]12. The summed E-state index contributed by atoms with van der Waals surface area (Å²) in [5.74, 6) is -2.03. The molecule has 6 rings (SSSR count). The molecule has 0 aromatic heterocycles. The molecule has 278 valence electrons. The van der Waals surface area contributed by atoms with Crippen molar-refractivity contribution >= 4 is 41.1 Å². The third-order valence-electron chi connectivity index (χ3n) is 10.3. The molecular formula is C35H42N6O10S. The summed E-state index contributed by atoms with van der Waals surface area (Å²) >= 11 is 1.44. The second-order valence-electron chi connectivity index (χ2n) is 13.8. The van der Waals surface area contributed by atoms with E-state index in [9.17, 15) is 39.7 Å². The lowest BCUT2D eigenvalue weighted by Crippen LogP contribution is -2.63. The highest BCUT2D eigenvalue weighted by molar-refractivity contribution is 8.03. The van der Waals surface area contributed by atoms with Gasteiger partial charge in [0, 0.05) is 85.6 Å². The Hall–Kier alpha value is -4.58. The minimum absolute atomic E-state index is 0.0568. The standard InChI is InChI=1S/C35H42N6O10S/c1-21-30-29(22(2)42)33(43)39(30)31(34(44)50-19-23-4-8-25(9-5-23)40(46)47)32(21)52-28-16-27(17-37-14-12-36(3)13-15-37)38(18-28)35(45)51-20-24-6-10-26(11-7-24)41(48)49/h4-11,21-22,27-30,42H,12-20H2,1-3H3/t21-,22-,27+,28+,29-,30-/m1/s1. The average molecular weight is 739 g/mol. The summed E-state index contributed by atoms with van der Waals surface area (Å²) in [7, 11) is 2.07. The van der Waals surface area contributed by atoms with Crippen molar-refractivity contribution in [3.8, 4) is 0 Å². The van der Waals surface area contributed by atoms with E-state index < -0.39 is 40.0 Å². The summed E-state index contributed by atoms with van der Waals surface area (Å²) in [6, 6.07) is 10.9. The lowest BCUT2D eigenvalue weighted by atomic mass is 9.79. The van der Waals surface area contributed by atoms with Crippen LogP contribution in [0.2, 0.25) is 0 Å². The zero-order valence-electron chi connectivity index (χ0n) is 29.2. The van der Waals surface area contributed by atoms with Gasteiger partial charge in [-0.2, -0.15) is 0 Å². The number of carbonyl (C=O) groups is 3. The number of rotatable bonds is 12. The van der Waals surface area contributed by atoms with Crippen molar-refractivity contribution in [1.29, 1.82) is 0 Å². The van der Waals surface area contributed by atoms with Gasteiger partial charge in [0.05, 0.1) is 27.9 Å². The summed E-state index contributed by atoms with van der Waals surface area (Å²) in [6.45, 7) is 7.72. The van der Waals surface area contributed by atoms with Gasteiger partial charge in [0.2, 0.25) is 5.91 Å². The van der Waals surface area contributed by atoms with Crippen LogP contribution in [0.5, 0.6) is 0 Å². The van der Waals surface area contributed by atoms with Crippen LogP contribution in [-0.2, 0) is 32.3 Å². The fraction of sp³-hybridized carbons (Fsp3) is 0.514. The molecule has 6 atom stereocenters. The van der Waals surface area contributed by atoms with E-state index >= 15 is 0 Å². The van der Waals surface area contributed by atoms with Gasteiger partial charge in [0.1, 0.15) is 18.9 Å². The van der Waals surface area contributed by atoms with Crippen LogP contribution in [0.1, 0.15) is 31.4 Å². The summed E-state index contributed by atoms with van der Waals surface area (Å²) in [5, 5.41) is 32.4. The molecule has 1 N–H and O–H groups in total. The zero-order valence-corrected chi connectivity index (χ0v) is 30.0. The predicted octanol–water partition coefficient (Wildman–Crippen LogP) is 3.38. The van der Waals surface area contributed by atoms with E-state index in [1.165, 1.54) is 53.1 Å². The molecule has 0 unspecified atom stereocenters. The van der Waals surface area contributed by atoms with E-state index in [4.69, 9.17) is 9.47 Å². The Balaban J connectivity index is 1.20. The molecule has 4 heterocycles. The van der Waals surface area contributed by atoms with Crippen LogP contribution in [0.25, 0.3) is 0 Å². The van der Waals surface area contributed by atoms with Crippen molar-refractivity contribution in [2.75, 3.05) is 46.3 Å². The van der Waals surface area contributed by atoms with Crippen LogP contribution in [-0.4, -0.2) is 122 Å². The number of aliphatic hydroxyl groups excluding tert-OH is 1. The molecule has 2 amide bonds. The first kappa shape index (κ1) is 37.2. The van der Waals surface area contributed by atoms with E-state index in [2.05, 4.69) is 16.8 Å². The Kier molecular flexibility index (Phi) is 11.1. The zero-order chi connectivity index (χ0) is 37.3. The van der Waals surface area contributed by atoms with Crippen LogP contribution in [0, 0.1) is 32.1 Å². The van der Waals surface area contributed by atoms with Crippen LogP contribution in [0.15, 0.2) is 59.1 Å². The number of β-lactam (4-membered cyclic amide) rings is 1. The number of likely N-dealkylation sites (N-methyl/N-ethyl adjacent to an activating group) is 1. The Labute approximate surface area is 304 Å². The lowest BCUT2D eigenvalue weighted by Gasteiger charge is -2.46. The smallest absolute Gasteiger partial charge is 0.410 e. The van der Waals surface area contributed by atoms with E-state index in [1.54, 1.807) is 24.0 Å². The third kappa shape index (κ3) is 7.77. The summed E-state index contributed by atoms with van der Waals surface area (Å²) < 4.78 is 11.4. The number of non-ortho nitro benzene ring substituents is 2. The number of thioether (sulfide) groups is 1. The maximum absolute atomic E-state index is 13.7. The van der Waals surface area contributed by atoms with Gasteiger partial charge in [-0.15, -0.1) is 11.8 Å². The minimum Gasteiger partial charge on any atom is -0.456 e. The maximum Gasteiger partial charge on any atom is 0.410 e. The number of nitro benzene ring substituents is 2. The van der Waals surface area contributed by atoms with Gasteiger partial charge in [-0.05, 0) is 55.8 Å². The van der Waals surface area contributed by atoms with Crippen molar-refractivity contribution < 1.29 is 38.8 Å². The van der Waals surface area contributed by atoms with Crippen molar-refractivity contribution in [1.82, 2.24) is 19.6 Å². The minimum atomic E-state index is -0.918. The number of hydrogen-bond donors (Lipinski definition) is 1. The van der Waals surface area contributed by atoms with E-state index in [0.717, 1.165) is 26.2 Å². The second kappa shape index (κ2) is 15.6. The number of likely N-dealkylation sites (tertiary alicyclic amines) is 1. The molecule has 0 aliphatic carbocycles. The molecule has 0 spiro atoms. The topological polar surface area (TPSA) is 189 Å². The lowest BCUT2D eigenvalue weighted by molar-refractivity contribution is -0.385. The molecule has 2 aromatic carbocycles. The molecule has 17 heteroatoms. The second-order valence-corrected chi connectivity index (χ2v) is 15.2. The molecule has 4 aliphatic rings. The van der Waals surface area contributed by atoms with Crippen LogP contribution >= 0.6 is 11.8 Å². The number of hydrogen-bond acceptors (Lipinski definition) is 13. The number of nitro groups is 2. The summed E-state index contributed by atoms with van der Waals surface area (Å²) in [5.41, 5.74) is 1.13. The van der Waals surface area contributed by atoms with Gasteiger partial charge < -0.3 is 29.3 Å². The third-order valence-corrected chi connectivity index (χ3v) is 11.8. The first-order valence-corrected chi connectivity index (χ1v) is 18.1. The van der Waals surface area contributed by atoms with E-state index in [1.807, 2.05) is 6.92 Å². The fourth-order valence-electron chi connectivity index (χ4n) is 7.41. The Morgan fingerprint density at radius 3 is 2.04 bits per heavy atom. The van der Waals surface area contributed by atoms with Gasteiger partial charge in [-0.1, -0.05) is 6.92 Å². The largest absolute Gasteiger partial charge is 0.456 e. The highest BCUT2D eigenvalue weighted by atomic mass is 32.2. The molecule has 3 saturated heterocycles. The van der Waals surface area contributed by atoms with Gasteiger partial charge >= 0.3 is 12.1 Å². The van der Waals surface area contributed by atoms with Crippen molar-refractivity contribution in [3.05, 3.63) is 90.5 Å². The van der Waals surface area contributed by atoms with Crippen LogP contribution in [0.3, 0.4) is 0 Å². The molecule has 4 aliphatic heterocycles. The number of esters is 1.